The average Bonchev–Trinajstić information content (AvgIpc) is 2.67. The number of rotatable bonds is 5. The van der Waals surface area contributed by atoms with E-state index in [0.29, 0.717) is 6.04 Å². The topological polar surface area (TPSA) is 44.8 Å². The number of carbonyl (C=O) groups is 1. The van der Waals surface area contributed by atoms with Crippen LogP contribution in [0.5, 0.6) is 0 Å². The van der Waals surface area contributed by atoms with Crippen LogP contribution in [0.1, 0.15) is 86.0 Å². The van der Waals surface area contributed by atoms with E-state index in [1.807, 2.05) is 20.8 Å². The van der Waals surface area contributed by atoms with Gasteiger partial charge >= 0.3 is 6.09 Å². The van der Waals surface area contributed by atoms with Crippen molar-refractivity contribution >= 4 is 6.09 Å². The van der Waals surface area contributed by atoms with Crippen molar-refractivity contribution in [2.45, 2.75) is 104 Å². The Morgan fingerprint density at radius 2 is 1.77 bits per heavy atom. The maximum atomic E-state index is 12.0. The smallest absolute Gasteiger partial charge is 0.407 e. The molecule has 2 aliphatic carbocycles. The fraction of sp³-hybridized carbons (Fsp3) is 0.880. The van der Waals surface area contributed by atoms with Gasteiger partial charge in [0.1, 0.15) is 5.60 Å². The highest BCUT2D eigenvalue weighted by molar-refractivity contribution is 5.68. The van der Waals surface area contributed by atoms with Crippen LogP contribution in [0.4, 0.5) is 4.79 Å². The third kappa shape index (κ3) is 6.90. The van der Waals surface area contributed by atoms with Crippen LogP contribution < -0.4 is 5.32 Å². The Morgan fingerprint density at radius 3 is 2.37 bits per heavy atom. The molecule has 1 unspecified atom stereocenters. The molecule has 0 aromatic heterocycles. The number of ether oxygens (including phenoxy) is 1. The molecule has 1 heterocycles. The van der Waals surface area contributed by atoms with E-state index in [9.17, 15) is 4.79 Å². The molecule has 0 bridgehead atoms. The van der Waals surface area contributed by atoms with Crippen LogP contribution in [0, 0.1) is 11.8 Å². The molecule has 1 aliphatic heterocycles. The summed E-state index contributed by atoms with van der Waals surface area (Å²) in [4.78, 5) is 17.4. The molecule has 5 heteroatoms. The molecule has 1 amide bonds. The van der Waals surface area contributed by atoms with E-state index in [-0.39, 0.29) is 12.1 Å². The summed E-state index contributed by atoms with van der Waals surface area (Å²) in [5, 5.41) is 3.07. The molecule has 0 aromatic carbocycles. The predicted octanol–water partition coefficient (Wildman–Crippen LogP) is 5.17. The van der Waals surface area contributed by atoms with Crippen LogP contribution in [-0.2, 0) is 4.74 Å². The first kappa shape index (κ1) is 23.4. The van der Waals surface area contributed by atoms with Crippen molar-refractivity contribution in [3.05, 3.63) is 11.8 Å². The van der Waals surface area contributed by atoms with Crippen LogP contribution in [0.25, 0.3) is 0 Å². The Morgan fingerprint density at radius 1 is 1.10 bits per heavy atom. The van der Waals surface area contributed by atoms with E-state index < -0.39 is 5.60 Å². The van der Waals surface area contributed by atoms with Crippen LogP contribution in [-0.4, -0.2) is 59.8 Å². The van der Waals surface area contributed by atoms with E-state index in [0.717, 1.165) is 24.7 Å². The highest BCUT2D eigenvalue weighted by atomic mass is 16.6. The van der Waals surface area contributed by atoms with Gasteiger partial charge in [-0.25, -0.2) is 4.79 Å². The Balaban J connectivity index is 1.42. The molecule has 3 aliphatic rings. The zero-order valence-corrected chi connectivity index (χ0v) is 20.1. The fourth-order valence-electron chi connectivity index (χ4n) is 5.53. The largest absolute Gasteiger partial charge is 0.444 e. The zero-order chi connectivity index (χ0) is 21.7. The first-order chi connectivity index (χ1) is 14.2. The number of amides is 1. The normalized spacial score (nSPS) is 28.9. The fourth-order valence-corrected chi connectivity index (χ4v) is 5.53. The number of hydrogen-bond acceptors (Lipinski definition) is 4. The molecule has 0 aromatic rings. The van der Waals surface area contributed by atoms with Crippen molar-refractivity contribution in [1.29, 1.82) is 0 Å². The molecule has 5 nitrogen and oxygen atoms in total. The molecule has 30 heavy (non-hydrogen) atoms. The lowest BCUT2D eigenvalue weighted by atomic mass is 9.84. The number of carbonyl (C=O) groups excluding carboxylic acids is 1. The first-order valence-corrected chi connectivity index (χ1v) is 12.4. The number of alkyl carbamates (subject to hydrolysis) is 1. The lowest BCUT2D eigenvalue weighted by molar-refractivity contribution is 0.0457. The van der Waals surface area contributed by atoms with Crippen molar-refractivity contribution < 1.29 is 9.53 Å². The maximum absolute atomic E-state index is 12.0. The van der Waals surface area contributed by atoms with E-state index in [4.69, 9.17) is 4.74 Å². The first-order valence-electron chi connectivity index (χ1n) is 12.4. The van der Waals surface area contributed by atoms with Gasteiger partial charge in [0, 0.05) is 44.0 Å². The van der Waals surface area contributed by atoms with Crippen molar-refractivity contribution in [2.75, 3.05) is 26.2 Å². The van der Waals surface area contributed by atoms with Gasteiger partial charge in [-0.2, -0.15) is 0 Å². The average molecular weight is 420 g/mol. The summed E-state index contributed by atoms with van der Waals surface area (Å²) in [5.74, 6) is 1.56. The Hall–Kier alpha value is -1.23. The molecule has 1 saturated heterocycles. The predicted molar refractivity (Wildman–Crippen MR) is 123 cm³/mol. The molecule has 3 rings (SSSR count). The third-order valence-corrected chi connectivity index (χ3v) is 6.90. The van der Waals surface area contributed by atoms with E-state index in [1.165, 1.54) is 64.7 Å². The van der Waals surface area contributed by atoms with Crippen molar-refractivity contribution in [2.24, 2.45) is 11.8 Å². The van der Waals surface area contributed by atoms with Crippen molar-refractivity contribution in [3.63, 3.8) is 0 Å². The van der Waals surface area contributed by atoms with Gasteiger partial charge in [-0.3, -0.25) is 4.90 Å². The van der Waals surface area contributed by atoms with Gasteiger partial charge in [-0.15, -0.1) is 0 Å². The summed E-state index contributed by atoms with van der Waals surface area (Å²) >= 11 is 0. The van der Waals surface area contributed by atoms with Gasteiger partial charge in [-0.1, -0.05) is 19.9 Å². The molecule has 2 fully saturated rings. The maximum Gasteiger partial charge on any atom is 0.407 e. The quantitative estimate of drug-likeness (QED) is 0.668. The minimum absolute atomic E-state index is 0.265. The monoisotopic (exact) mass is 419 g/mol. The number of nitrogens with one attached hydrogen (secondary N) is 1. The Bertz CT molecular complexity index is 580. The lowest BCUT2D eigenvalue weighted by Gasteiger charge is -2.45. The second-order valence-corrected chi connectivity index (χ2v) is 11.1. The van der Waals surface area contributed by atoms with Crippen LogP contribution >= 0.6 is 0 Å². The second-order valence-electron chi connectivity index (χ2n) is 11.1. The van der Waals surface area contributed by atoms with E-state index in [1.54, 1.807) is 5.70 Å². The molecule has 172 valence electrons. The van der Waals surface area contributed by atoms with Crippen molar-refractivity contribution in [1.82, 2.24) is 15.1 Å². The summed E-state index contributed by atoms with van der Waals surface area (Å²) in [6, 6.07) is 0.942. The van der Waals surface area contributed by atoms with Gasteiger partial charge in [0.15, 0.2) is 0 Å². The summed E-state index contributed by atoms with van der Waals surface area (Å²) in [6.07, 6.45) is 12.1. The molecule has 0 spiro atoms. The molecule has 1 N–H and O–H groups in total. The van der Waals surface area contributed by atoms with Gasteiger partial charge in [0.2, 0.25) is 0 Å². The SMILES string of the molecule is CC(C)CC1CCCC=C1N1CCN(C2CCC(NC(=O)OC(C)(C)C)CC2)CC1. The third-order valence-electron chi connectivity index (χ3n) is 6.90. The van der Waals surface area contributed by atoms with Gasteiger partial charge in [-0.05, 0) is 84.0 Å². The molecule has 1 saturated carbocycles. The number of hydrogen-bond donors (Lipinski definition) is 1. The van der Waals surface area contributed by atoms with Crippen LogP contribution in [0.2, 0.25) is 0 Å². The molecular formula is C25H45N3O2. The molecule has 0 radical (unpaired) electrons. The highest BCUT2D eigenvalue weighted by Crippen LogP contribution is 2.33. The molecule has 1 atom stereocenters. The lowest BCUT2D eigenvalue weighted by Crippen LogP contribution is -2.52. The van der Waals surface area contributed by atoms with E-state index >= 15 is 0 Å². The van der Waals surface area contributed by atoms with Crippen molar-refractivity contribution in [3.8, 4) is 0 Å². The number of nitrogens with zero attached hydrogens (tertiary/aromatic N) is 2. The summed E-state index contributed by atoms with van der Waals surface area (Å²) in [6.45, 7) is 15.2. The van der Waals surface area contributed by atoms with Crippen LogP contribution in [0.15, 0.2) is 11.8 Å². The summed E-state index contributed by atoms with van der Waals surface area (Å²) < 4.78 is 5.41. The summed E-state index contributed by atoms with van der Waals surface area (Å²) in [7, 11) is 0. The van der Waals surface area contributed by atoms with Gasteiger partial charge in [0.25, 0.3) is 0 Å². The number of allylic oxidation sites excluding steroid dienone is 2. The van der Waals surface area contributed by atoms with Gasteiger partial charge < -0.3 is 15.0 Å². The second kappa shape index (κ2) is 10.4. The summed E-state index contributed by atoms with van der Waals surface area (Å²) in [5.41, 5.74) is 1.22. The number of piperazine rings is 1. The zero-order valence-electron chi connectivity index (χ0n) is 20.1. The molecular weight excluding hydrogens is 374 g/mol. The minimum atomic E-state index is -0.428. The Kier molecular flexibility index (Phi) is 8.11. The van der Waals surface area contributed by atoms with Gasteiger partial charge in [0.05, 0.1) is 0 Å². The Labute approximate surface area is 184 Å². The van der Waals surface area contributed by atoms with Crippen LogP contribution in [0.3, 0.4) is 0 Å². The standard InChI is InChI=1S/C25H45N3O2/c1-19(2)18-20-8-6-7-9-23(20)28-16-14-27(15-17-28)22-12-10-21(11-13-22)26-24(29)30-25(3,4)5/h9,19-22H,6-8,10-18H2,1-5H3,(H,26,29). The highest BCUT2D eigenvalue weighted by Gasteiger charge is 2.31. The van der Waals surface area contributed by atoms with E-state index in [2.05, 4.69) is 35.0 Å². The minimum Gasteiger partial charge on any atom is -0.444 e.